The first-order chi connectivity index (χ1) is 9.69. The zero-order valence-corrected chi connectivity index (χ0v) is 11.4. The molecule has 1 N–H and O–H groups in total. The summed E-state index contributed by atoms with van der Waals surface area (Å²) in [5.74, 6) is -0.877. The summed E-state index contributed by atoms with van der Waals surface area (Å²) in [6.07, 6.45) is 4.68. The zero-order chi connectivity index (χ0) is 14.1. The number of imidazole rings is 1. The molecular formula is C15H17N3O2. The van der Waals surface area contributed by atoms with Crippen LogP contribution < -0.4 is 4.90 Å². The molecule has 5 heteroatoms. The molecule has 0 fully saturated rings. The highest BCUT2D eigenvalue weighted by Gasteiger charge is 2.21. The van der Waals surface area contributed by atoms with E-state index in [4.69, 9.17) is 5.11 Å². The number of hydrogen-bond donors (Lipinski definition) is 1. The summed E-state index contributed by atoms with van der Waals surface area (Å²) < 4.78 is 2.11. The van der Waals surface area contributed by atoms with Gasteiger partial charge in [0.15, 0.2) is 0 Å². The van der Waals surface area contributed by atoms with Gasteiger partial charge in [-0.15, -0.1) is 0 Å². The summed E-state index contributed by atoms with van der Waals surface area (Å²) >= 11 is 0. The Morgan fingerprint density at radius 2 is 2.30 bits per heavy atom. The van der Waals surface area contributed by atoms with E-state index in [0.717, 1.165) is 37.4 Å². The molecule has 2 aromatic rings. The van der Waals surface area contributed by atoms with Gasteiger partial charge in [-0.1, -0.05) is 6.07 Å². The van der Waals surface area contributed by atoms with Crippen molar-refractivity contribution < 1.29 is 9.90 Å². The monoisotopic (exact) mass is 271 g/mol. The molecule has 2 heterocycles. The Bertz CT molecular complexity index is 648. The van der Waals surface area contributed by atoms with Crippen molar-refractivity contribution >= 4 is 11.7 Å². The molecule has 20 heavy (non-hydrogen) atoms. The quantitative estimate of drug-likeness (QED) is 0.925. The normalized spacial score (nSPS) is 13.6. The van der Waals surface area contributed by atoms with Gasteiger partial charge >= 0.3 is 5.97 Å². The molecule has 0 spiro atoms. The third-order valence-corrected chi connectivity index (χ3v) is 3.82. The molecule has 1 aliphatic rings. The second-order valence-electron chi connectivity index (χ2n) is 4.99. The van der Waals surface area contributed by atoms with Crippen LogP contribution in [0.15, 0.2) is 30.7 Å². The molecule has 3 rings (SSSR count). The lowest BCUT2D eigenvalue weighted by atomic mass is 10.1. The number of carboxylic acid groups (broad SMARTS) is 1. The van der Waals surface area contributed by atoms with Crippen LogP contribution in [0.5, 0.6) is 0 Å². The minimum Gasteiger partial charge on any atom is -0.478 e. The maximum absolute atomic E-state index is 11.1. The minimum absolute atomic E-state index is 0.347. The van der Waals surface area contributed by atoms with Crippen LogP contribution in [0.3, 0.4) is 0 Å². The van der Waals surface area contributed by atoms with Gasteiger partial charge in [0.1, 0.15) is 0 Å². The average molecular weight is 271 g/mol. The van der Waals surface area contributed by atoms with E-state index < -0.39 is 5.97 Å². The highest BCUT2D eigenvalue weighted by atomic mass is 16.4. The van der Waals surface area contributed by atoms with E-state index in [0.29, 0.717) is 5.56 Å². The maximum Gasteiger partial charge on any atom is 0.335 e. The van der Waals surface area contributed by atoms with Gasteiger partial charge in [-0.25, -0.2) is 9.78 Å². The molecule has 0 bridgehead atoms. The Balaban J connectivity index is 1.88. The number of aromatic nitrogens is 2. The van der Waals surface area contributed by atoms with E-state index in [1.165, 1.54) is 5.56 Å². The second kappa shape index (κ2) is 5.00. The number of rotatable bonds is 4. The van der Waals surface area contributed by atoms with Gasteiger partial charge < -0.3 is 14.6 Å². The predicted molar refractivity (Wildman–Crippen MR) is 76.1 cm³/mol. The van der Waals surface area contributed by atoms with Gasteiger partial charge in [-0.3, -0.25) is 0 Å². The van der Waals surface area contributed by atoms with Crippen molar-refractivity contribution in [2.45, 2.75) is 26.4 Å². The molecule has 0 saturated heterocycles. The van der Waals surface area contributed by atoms with E-state index in [-0.39, 0.29) is 0 Å². The van der Waals surface area contributed by atoms with Crippen molar-refractivity contribution in [3.05, 3.63) is 47.5 Å². The first kappa shape index (κ1) is 12.7. The molecule has 1 aliphatic heterocycles. The Morgan fingerprint density at radius 3 is 3.05 bits per heavy atom. The number of nitrogens with zero attached hydrogens (tertiary/aromatic N) is 3. The van der Waals surface area contributed by atoms with Crippen LogP contribution in [0.4, 0.5) is 5.69 Å². The van der Waals surface area contributed by atoms with Crippen LogP contribution in [0.25, 0.3) is 0 Å². The van der Waals surface area contributed by atoms with Gasteiger partial charge in [0, 0.05) is 25.0 Å². The largest absolute Gasteiger partial charge is 0.478 e. The third kappa shape index (κ3) is 2.15. The number of carboxylic acids is 1. The van der Waals surface area contributed by atoms with Crippen LogP contribution in [-0.2, 0) is 19.5 Å². The number of anilines is 1. The summed E-state index contributed by atoms with van der Waals surface area (Å²) in [6, 6.07) is 5.38. The van der Waals surface area contributed by atoms with E-state index in [1.807, 2.05) is 18.6 Å². The summed E-state index contributed by atoms with van der Waals surface area (Å²) in [7, 11) is 0. The van der Waals surface area contributed by atoms with Crippen molar-refractivity contribution in [1.29, 1.82) is 0 Å². The number of carbonyl (C=O) groups is 1. The van der Waals surface area contributed by atoms with Crippen LogP contribution in [0.2, 0.25) is 0 Å². The fraction of sp³-hybridized carbons (Fsp3) is 0.333. The minimum atomic E-state index is -0.877. The van der Waals surface area contributed by atoms with E-state index in [9.17, 15) is 4.79 Å². The van der Waals surface area contributed by atoms with Crippen LogP contribution in [-0.4, -0.2) is 27.2 Å². The third-order valence-electron chi connectivity index (χ3n) is 3.82. The number of fused-ring (bicyclic) bond motifs is 1. The Hall–Kier alpha value is -2.30. The van der Waals surface area contributed by atoms with Crippen molar-refractivity contribution in [2.75, 3.05) is 11.4 Å². The van der Waals surface area contributed by atoms with Crippen LogP contribution in [0, 0.1) is 0 Å². The lowest BCUT2D eigenvalue weighted by molar-refractivity contribution is 0.0697. The summed E-state index contributed by atoms with van der Waals surface area (Å²) in [4.78, 5) is 17.5. The molecule has 0 atom stereocenters. The topological polar surface area (TPSA) is 58.4 Å². The van der Waals surface area contributed by atoms with Crippen molar-refractivity contribution in [3.8, 4) is 0 Å². The van der Waals surface area contributed by atoms with Gasteiger partial charge in [0.25, 0.3) is 0 Å². The van der Waals surface area contributed by atoms with Gasteiger partial charge in [0.05, 0.1) is 24.1 Å². The maximum atomic E-state index is 11.1. The first-order valence-corrected chi connectivity index (χ1v) is 6.79. The molecular weight excluding hydrogens is 254 g/mol. The van der Waals surface area contributed by atoms with Gasteiger partial charge in [0.2, 0.25) is 0 Å². The Labute approximate surface area is 117 Å². The number of benzene rings is 1. The molecule has 0 saturated carbocycles. The molecule has 0 aliphatic carbocycles. The van der Waals surface area contributed by atoms with Crippen LogP contribution in [0.1, 0.15) is 28.5 Å². The van der Waals surface area contributed by atoms with Crippen molar-refractivity contribution in [3.63, 3.8) is 0 Å². The summed E-state index contributed by atoms with van der Waals surface area (Å²) in [6.45, 7) is 4.67. The molecule has 0 amide bonds. The molecule has 0 unspecified atom stereocenters. The highest BCUT2D eigenvalue weighted by Crippen LogP contribution is 2.30. The summed E-state index contributed by atoms with van der Waals surface area (Å²) in [5.41, 5.74) is 3.76. The SMILES string of the molecule is CCn1cncc1CN1CCc2ccc(C(=O)O)cc21. The zero-order valence-electron chi connectivity index (χ0n) is 11.4. The van der Waals surface area contributed by atoms with Crippen molar-refractivity contribution in [1.82, 2.24) is 9.55 Å². The molecule has 1 aromatic heterocycles. The van der Waals surface area contributed by atoms with Gasteiger partial charge in [-0.05, 0) is 31.0 Å². The first-order valence-electron chi connectivity index (χ1n) is 6.79. The number of hydrogen-bond acceptors (Lipinski definition) is 3. The van der Waals surface area contributed by atoms with Gasteiger partial charge in [-0.2, -0.15) is 0 Å². The van der Waals surface area contributed by atoms with E-state index in [2.05, 4.69) is 21.4 Å². The highest BCUT2D eigenvalue weighted by molar-refractivity contribution is 5.89. The predicted octanol–water partition coefficient (Wildman–Crippen LogP) is 2.16. The molecule has 1 aromatic carbocycles. The Morgan fingerprint density at radius 1 is 1.45 bits per heavy atom. The molecule has 5 nitrogen and oxygen atoms in total. The standard InChI is InChI=1S/C15H17N3O2/c1-2-17-10-16-8-13(17)9-18-6-5-11-3-4-12(15(19)20)7-14(11)18/h3-4,7-8,10H,2,5-6,9H2,1H3,(H,19,20). The van der Waals surface area contributed by atoms with E-state index in [1.54, 1.807) is 12.1 Å². The smallest absolute Gasteiger partial charge is 0.335 e. The Kier molecular flexibility index (Phi) is 3.18. The molecule has 104 valence electrons. The van der Waals surface area contributed by atoms with Crippen molar-refractivity contribution in [2.24, 2.45) is 0 Å². The lowest BCUT2D eigenvalue weighted by Gasteiger charge is -2.20. The lowest BCUT2D eigenvalue weighted by Crippen LogP contribution is -2.21. The summed E-state index contributed by atoms with van der Waals surface area (Å²) in [5, 5.41) is 9.11. The molecule has 0 radical (unpaired) electrons. The second-order valence-corrected chi connectivity index (χ2v) is 4.99. The number of aryl methyl sites for hydroxylation is 1. The fourth-order valence-corrected chi connectivity index (χ4v) is 2.70. The van der Waals surface area contributed by atoms with E-state index >= 15 is 0 Å². The fourth-order valence-electron chi connectivity index (χ4n) is 2.70. The van der Waals surface area contributed by atoms with Crippen LogP contribution >= 0.6 is 0 Å². The average Bonchev–Trinajstić information content (AvgIpc) is 3.05. The number of aromatic carboxylic acids is 1.